The van der Waals surface area contributed by atoms with Gasteiger partial charge in [0, 0.05) is 13.2 Å². The third kappa shape index (κ3) is 10.3. The zero-order valence-electron chi connectivity index (χ0n) is 13.1. The van der Waals surface area contributed by atoms with Crippen LogP contribution in [0.1, 0.15) is 26.2 Å². The van der Waals surface area contributed by atoms with E-state index in [1.165, 1.54) is 12.8 Å². The predicted octanol–water partition coefficient (Wildman–Crippen LogP) is -0.130. The summed E-state index contributed by atoms with van der Waals surface area (Å²) in [6.07, 6.45) is 3.29. The molecule has 0 aliphatic carbocycles. The molecule has 1 aliphatic rings. The maximum atomic E-state index is 11.6. The molecule has 3 N–H and O–H groups in total. The molecule has 22 heavy (non-hydrogen) atoms. The quantitative estimate of drug-likeness (QED) is 0.473. The SMILES string of the molecule is CCOCCS(=O)(=O)NCC(=O)NCCC1CCCNC1.Cl. The molecule has 132 valence electrons. The fourth-order valence-corrected chi connectivity index (χ4v) is 3.04. The van der Waals surface area contributed by atoms with E-state index in [1.54, 1.807) is 6.92 Å². The number of carbonyl (C=O) groups excluding carboxylic acids is 1. The molecule has 0 bridgehead atoms. The van der Waals surface area contributed by atoms with Gasteiger partial charge in [0.1, 0.15) is 0 Å². The summed E-state index contributed by atoms with van der Waals surface area (Å²) in [6, 6.07) is 0. The van der Waals surface area contributed by atoms with Crippen molar-refractivity contribution in [3.8, 4) is 0 Å². The van der Waals surface area contributed by atoms with Crippen LogP contribution in [0.4, 0.5) is 0 Å². The van der Waals surface area contributed by atoms with Crippen LogP contribution in [0.2, 0.25) is 0 Å². The highest BCUT2D eigenvalue weighted by Gasteiger charge is 2.14. The van der Waals surface area contributed by atoms with Crippen molar-refractivity contribution >= 4 is 28.3 Å². The Morgan fingerprint density at radius 2 is 2.18 bits per heavy atom. The smallest absolute Gasteiger partial charge is 0.235 e. The van der Waals surface area contributed by atoms with E-state index in [1.807, 2.05) is 0 Å². The number of nitrogens with one attached hydrogen (secondary N) is 3. The van der Waals surface area contributed by atoms with Crippen molar-refractivity contribution in [3.05, 3.63) is 0 Å². The summed E-state index contributed by atoms with van der Waals surface area (Å²) in [5.41, 5.74) is 0. The van der Waals surface area contributed by atoms with Gasteiger partial charge in [0.15, 0.2) is 0 Å². The van der Waals surface area contributed by atoms with Gasteiger partial charge in [0.2, 0.25) is 15.9 Å². The van der Waals surface area contributed by atoms with Crippen LogP contribution in [0.5, 0.6) is 0 Å². The van der Waals surface area contributed by atoms with Gasteiger partial charge in [-0.25, -0.2) is 13.1 Å². The molecule has 0 saturated carbocycles. The molecule has 1 aliphatic heterocycles. The molecule has 1 amide bonds. The summed E-state index contributed by atoms with van der Waals surface area (Å²) >= 11 is 0. The van der Waals surface area contributed by atoms with Crippen molar-refractivity contribution in [1.82, 2.24) is 15.4 Å². The highest BCUT2D eigenvalue weighted by atomic mass is 35.5. The van der Waals surface area contributed by atoms with Gasteiger partial charge >= 0.3 is 0 Å². The summed E-state index contributed by atoms with van der Waals surface area (Å²) in [5, 5.41) is 6.07. The number of hydrogen-bond acceptors (Lipinski definition) is 5. The molecule has 1 rings (SSSR count). The highest BCUT2D eigenvalue weighted by molar-refractivity contribution is 7.89. The lowest BCUT2D eigenvalue weighted by atomic mass is 9.96. The first-order chi connectivity index (χ1) is 10.0. The number of carbonyl (C=O) groups is 1. The molecule has 0 radical (unpaired) electrons. The zero-order valence-corrected chi connectivity index (χ0v) is 14.7. The van der Waals surface area contributed by atoms with Crippen LogP contribution < -0.4 is 15.4 Å². The van der Waals surface area contributed by atoms with Gasteiger partial charge in [-0.05, 0) is 45.2 Å². The van der Waals surface area contributed by atoms with Crippen molar-refractivity contribution in [2.75, 3.05) is 45.1 Å². The summed E-state index contributed by atoms with van der Waals surface area (Å²) in [6.45, 7) is 4.87. The molecular formula is C13H28ClN3O4S. The van der Waals surface area contributed by atoms with Gasteiger partial charge in [-0.1, -0.05) is 0 Å². The number of piperidine rings is 1. The molecule has 1 heterocycles. The molecule has 1 fully saturated rings. The second-order valence-corrected chi connectivity index (χ2v) is 7.11. The standard InChI is InChI=1S/C13H27N3O4S.ClH/c1-2-20-8-9-21(18,19)16-11-13(17)15-7-5-12-4-3-6-14-10-12;/h12,14,16H,2-11H2,1H3,(H,15,17);1H. The predicted molar refractivity (Wildman–Crippen MR) is 88.8 cm³/mol. The number of hydrogen-bond donors (Lipinski definition) is 3. The largest absolute Gasteiger partial charge is 0.381 e. The number of halogens is 1. The minimum atomic E-state index is -3.44. The van der Waals surface area contributed by atoms with E-state index < -0.39 is 10.0 Å². The normalized spacial score (nSPS) is 18.5. The molecule has 1 saturated heterocycles. The summed E-state index contributed by atoms with van der Waals surface area (Å²) in [7, 11) is -3.44. The van der Waals surface area contributed by atoms with Crippen molar-refractivity contribution in [2.45, 2.75) is 26.2 Å². The van der Waals surface area contributed by atoms with E-state index in [-0.39, 0.29) is 37.2 Å². The second kappa shape index (κ2) is 12.1. The monoisotopic (exact) mass is 357 g/mol. The average Bonchev–Trinajstić information content (AvgIpc) is 2.47. The Hall–Kier alpha value is -0.410. The molecule has 0 aromatic heterocycles. The Balaban J connectivity index is 0.00000441. The lowest BCUT2D eigenvalue weighted by Crippen LogP contribution is -2.39. The molecular weight excluding hydrogens is 330 g/mol. The van der Waals surface area contributed by atoms with Crippen LogP contribution in [0, 0.1) is 5.92 Å². The molecule has 0 aromatic rings. The van der Waals surface area contributed by atoms with E-state index in [0.717, 1.165) is 19.5 Å². The van der Waals surface area contributed by atoms with Gasteiger partial charge in [-0.3, -0.25) is 4.79 Å². The maximum absolute atomic E-state index is 11.6. The van der Waals surface area contributed by atoms with E-state index in [0.29, 0.717) is 19.1 Å². The van der Waals surface area contributed by atoms with Crippen LogP contribution in [0.15, 0.2) is 0 Å². The van der Waals surface area contributed by atoms with E-state index in [4.69, 9.17) is 4.74 Å². The minimum Gasteiger partial charge on any atom is -0.381 e. The summed E-state index contributed by atoms with van der Waals surface area (Å²) in [4.78, 5) is 11.6. The van der Waals surface area contributed by atoms with Crippen molar-refractivity contribution in [1.29, 1.82) is 0 Å². The lowest BCUT2D eigenvalue weighted by Gasteiger charge is -2.22. The first-order valence-corrected chi connectivity index (χ1v) is 9.21. The molecule has 0 aromatic carbocycles. The van der Waals surface area contributed by atoms with Crippen molar-refractivity contribution in [2.24, 2.45) is 5.92 Å². The van der Waals surface area contributed by atoms with Crippen LogP contribution >= 0.6 is 12.4 Å². The van der Waals surface area contributed by atoms with Gasteiger partial charge in [0.05, 0.1) is 18.9 Å². The lowest BCUT2D eigenvalue weighted by molar-refractivity contribution is -0.120. The number of rotatable bonds is 10. The van der Waals surface area contributed by atoms with Crippen LogP contribution in [0.25, 0.3) is 0 Å². The first-order valence-electron chi connectivity index (χ1n) is 7.56. The number of amides is 1. The van der Waals surface area contributed by atoms with Crippen molar-refractivity contribution in [3.63, 3.8) is 0 Å². The van der Waals surface area contributed by atoms with Gasteiger partial charge in [-0.2, -0.15) is 0 Å². The topological polar surface area (TPSA) is 96.5 Å². The first kappa shape index (κ1) is 21.6. The Morgan fingerprint density at radius 1 is 1.41 bits per heavy atom. The Bertz CT molecular complexity index is 400. The van der Waals surface area contributed by atoms with Crippen LogP contribution in [-0.4, -0.2) is 59.5 Å². The summed E-state index contributed by atoms with van der Waals surface area (Å²) in [5.74, 6) is 0.183. The maximum Gasteiger partial charge on any atom is 0.235 e. The minimum absolute atomic E-state index is 0. The third-order valence-corrected chi connectivity index (χ3v) is 4.72. The van der Waals surface area contributed by atoms with Gasteiger partial charge in [0.25, 0.3) is 0 Å². The molecule has 0 spiro atoms. The molecule has 7 nitrogen and oxygen atoms in total. The van der Waals surface area contributed by atoms with E-state index >= 15 is 0 Å². The Labute approximate surface area is 139 Å². The zero-order chi connectivity index (χ0) is 15.6. The van der Waals surface area contributed by atoms with Crippen LogP contribution in [0.3, 0.4) is 0 Å². The Kier molecular flexibility index (Phi) is 11.8. The highest BCUT2D eigenvalue weighted by Crippen LogP contribution is 2.12. The third-order valence-electron chi connectivity index (χ3n) is 3.43. The number of ether oxygens (including phenoxy) is 1. The fourth-order valence-electron chi connectivity index (χ4n) is 2.21. The fraction of sp³-hybridized carbons (Fsp3) is 0.923. The van der Waals surface area contributed by atoms with Crippen LogP contribution in [-0.2, 0) is 19.6 Å². The van der Waals surface area contributed by atoms with E-state index in [9.17, 15) is 13.2 Å². The Morgan fingerprint density at radius 3 is 2.82 bits per heavy atom. The van der Waals surface area contributed by atoms with E-state index in [2.05, 4.69) is 15.4 Å². The van der Waals surface area contributed by atoms with Gasteiger partial charge in [-0.15, -0.1) is 12.4 Å². The average molecular weight is 358 g/mol. The van der Waals surface area contributed by atoms with Gasteiger partial charge < -0.3 is 15.4 Å². The molecule has 9 heteroatoms. The molecule has 1 unspecified atom stereocenters. The van der Waals surface area contributed by atoms with Crippen molar-refractivity contribution < 1.29 is 17.9 Å². The second-order valence-electron chi connectivity index (χ2n) is 5.19. The number of sulfonamides is 1. The molecule has 1 atom stereocenters. The summed E-state index contributed by atoms with van der Waals surface area (Å²) < 4.78 is 30.4.